The van der Waals surface area contributed by atoms with Crippen LogP contribution in [0.1, 0.15) is 45.1 Å². The lowest BCUT2D eigenvalue weighted by molar-refractivity contribution is -0.120. The molecule has 19 heavy (non-hydrogen) atoms. The minimum Gasteiger partial charge on any atom is -0.397 e. The predicted molar refractivity (Wildman–Crippen MR) is 85.2 cm³/mol. The first-order valence-electron chi connectivity index (χ1n) is 6.86. The van der Waals surface area contributed by atoms with Crippen LogP contribution >= 0.6 is 15.9 Å². The number of benzene rings is 1. The first kappa shape index (κ1) is 16.0. The van der Waals surface area contributed by atoms with Gasteiger partial charge in [-0.05, 0) is 37.5 Å². The normalized spacial score (nSPS) is 10.8. The van der Waals surface area contributed by atoms with Gasteiger partial charge < -0.3 is 11.1 Å². The van der Waals surface area contributed by atoms with Crippen molar-refractivity contribution in [2.24, 2.45) is 5.92 Å². The summed E-state index contributed by atoms with van der Waals surface area (Å²) in [5, 5.41) is 2.99. The fourth-order valence-electron chi connectivity index (χ4n) is 2.27. The smallest absolute Gasteiger partial charge is 0.227 e. The average Bonchev–Trinajstić information content (AvgIpc) is 2.33. The van der Waals surface area contributed by atoms with Gasteiger partial charge in [-0.2, -0.15) is 0 Å². The molecule has 0 bridgehead atoms. The van der Waals surface area contributed by atoms with E-state index < -0.39 is 0 Å². The molecule has 1 amide bonds. The zero-order valence-electron chi connectivity index (χ0n) is 11.9. The molecule has 4 heteroatoms. The van der Waals surface area contributed by atoms with Crippen molar-refractivity contribution in [3.8, 4) is 0 Å². The molecule has 0 aliphatic rings. The third-order valence-electron chi connectivity index (χ3n) is 3.22. The van der Waals surface area contributed by atoms with Crippen LogP contribution < -0.4 is 11.1 Å². The van der Waals surface area contributed by atoms with Crippen molar-refractivity contribution in [3.05, 3.63) is 22.2 Å². The fourth-order valence-corrected chi connectivity index (χ4v) is 2.86. The van der Waals surface area contributed by atoms with Gasteiger partial charge >= 0.3 is 0 Å². The van der Waals surface area contributed by atoms with Crippen LogP contribution in [0, 0.1) is 12.8 Å². The topological polar surface area (TPSA) is 55.1 Å². The van der Waals surface area contributed by atoms with E-state index >= 15 is 0 Å². The van der Waals surface area contributed by atoms with E-state index in [-0.39, 0.29) is 11.8 Å². The number of amides is 1. The highest BCUT2D eigenvalue weighted by atomic mass is 79.9. The SMILES string of the molecule is CCCC(CCC)C(=O)Nc1c(C)cc(Br)cc1N. The number of anilines is 2. The molecule has 0 atom stereocenters. The van der Waals surface area contributed by atoms with Gasteiger partial charge in [-0.3, -0.25) is 4.79 Å². The van der Waals surface area contributed by atoms with Crippen LogP contribution in [0.5, 0.6) is 0 Å². The first-order chi connectivity index (χ1) is 8.99. The minimum absolute atomic E-state index is 0.0810. The molecule has 106 valence electrons. The van der Waals surface area contributed by atoms with Gasteiger partial charge in [0, 0.05) is 10.4 Å². The van der Waals surface area contributed by atoms with Gasteiger partial charge in [0.25, 0.3) is 0 Å². The van der Waals surface area contributed by atoms with Crippen molar-refractivity contribution in [2.75, 3.05) is 11.1 Å². The summed E-state index contributed by atoms with van der Waals surface area (Å²) in [6.07, 6.45) is 3.89. The zero-order chi connectivity index (χ0) is 14.4. The Hall–Kier alpha value is -1.03. The van der Waals surface area contributed by atoms with Crippen molar-refractivity contribution >= 4 is 33.2 Å². The van der Waals surface area contributed by atoms with Crippen LogP contribution in [-0.2, 0) is 4.79 Å². The number of carbonyl (C=O) groups is 1. The molecule has 0 saturated carbocycles. The second-order valence-corrected chi connectivity index (χ2v) is 5.87. The van der Waals surface area contributed by atoms with Crippen molar-refractivity contribution in [1.29, 1.82) is 0 Å². The van der Waals surface area contributed by atoms with Gasteiger partial charge in [-0.15, -0.1) is 0 Å². The van der Waals surface area contributed by atoms with Crippen molar-refractivity contribution < 1.29 is 4.79 Å². The van der Waals surface area contributed by atoms with E-state index in [0.29, 0.717) is 5.69 Å². The van der Waals surface area contributed by atoms with Gasteiger partial charge in [-0.1, -0.05) is 42.6 Å². The number of hydrogen-bond acceptors (Lipinski definition) is 2. The Kier molecular flexibility index (Phi) is 6.35. The second kappa shape index (κ2) is 7.53. The molecule has 0 aliphatic carbocycles. The Morgan fingerprint density at radius 1 is 1.32 bits per heavy atom. The fraction of sp³-hybridized carbons (Fsp3) is 0.533. The van der Waals surface area contributed by atoms with Crippen molar-refractivity contribution in [2.45, 2.75) is 46.5 Å². The van der Waals surface area contributed by atoms with Crippen LogP contribution in [0.25, 0.3) is 0 Å². The molecule has 3 N–H and O–H groups in total. The van der Waals surface area contributed by atoms with Crippen molar-refractivity contribution in [1.82, 2.24) is 0 Å². The number of carbonyl (C=O) groups excluding carboxylic acids is 1. The molecule has 0 radical (unpaired) electrons. The first-order valence-corrected chi connectivity index (χ1v) is 7.65. The molecule has 0 aromatic heterocycles. The lowest BCUT2D eigenvalue weighted by Gasteiger charge is -2.18. The Bertz CT molecular complexity index is 417. The number of nitrogen functional groups attached to an aromatic ring is 1. The van der Waals surface area contributed by atoms with E-state index in [9.17, 15) is 4.79 Å². The highest BCUT2D eigenvalue weighted by molar-refractivity contribution is 9.10. The van der Waals surface area contributed by atoms with Crippen LogP contribution in [0.3, 0.4) is 0 Å². The van der Waals surface area contributed by atoms with Gasteiger partial charge in [0.2, 0.25) is 5.91 Å². The van der Waals surface area contributed by atoms with E-state index in [1.54, 1.807) is 0 Å². The van der Waals surface area contributed by atoms with E-state index in [1.807, 2.05) is 19.1 Å². The molecular formula is C15H23BrN2O. The summed E-state index contributed by atoms with van der Waals surface area (Å²) < 4.78 is 0.930. The summed E-state index contributed by atoms with van der Waals surface area (Å²) >= 11 is 3.40. The summed E-state index contributed by atoms with van der Waals surface area (Å²) in [4.78, 5) is 12.3. The van der Waals surface area contributed by atoms with E-state index in [4.69, 9.17) is 5.73 Å². The monoisotopic (exact) mass is 326 g/mol. The van der Waals surface area contributed by atoms with Crippen LogP contribution in [0.4, 0.5) is 11.4 Å². The summed E-state index contributed by atoms with van der Waals surface area (Å²) in [7, 11) is 0. The molecule has 0 fully saturated rings. The lowest BCUT2D eigenvalue weighted by Crippen LogP contribution is -2.23. The molecule has 0 unspecified atom stereocenters. The largest absolute Gasteiger partial charge is 0.397 e. The number of rotatable bonds is 6. The van der Waals surface area contributed by atoms with Gasteiger partial charge in [0.15, 0.2) is 0 Å². The zero-order valence-corrected chi connectivity index (χ0v) is 13.5. The highest BCUT2D eigenvalue weighted by Crippen LogP contribution is 2.29. The van der Waals surface area contributed by atoms with Crippen LogP contribution in [0.2, 0.25) is 0 Å². The molecule has 0 spiro atoms. The molecule has 1 aromatic carbocycles. The lowest BCUT2D eigenvalue weighted by atomic mass is 9.97. The standard InChI is InChI=1S/C15H23BrN2O/c1-4-6-11(7-5-2)15(19)18-14-10(3)8-12(16)9-13(14)17/h8-9,11H,4-7,17H2,1-3H3,(H,18,19). The molecule has 1 aromatic rings. The van der Waals surface area contributed by atoms with E-state index in [1.165, 1.54) is 0 Å². The number of aryl methyl sites for hydroxylation is 1. The molecule has 1 rings (SSSR count). The Morgan fingerprint density at radius 2 is 1.89 bits per heavy atom. The third-order valence-corrected chi connectivity index (χ3v) is 3.68. The van der Waals surface area contributed by atoms with E-state index in [2.05, 4.69) is 35.1 Å². The van der Waals surface area contributed by atoms with E-state index in [0.717, 1.165) is 41.4 Å². The maximum atomic E-state index is 12.3. The number of nitrogens with one attached hydrogen (secondary N) is 1. The number of nitrogens with two attached hydrogens (primary N) is 1. The maximum Gasteiger partial charge on any atom is 0.227 e. The minimum atomic E-state index is 0.0810. The summed E-state index contributed by atoms with van der Waals surface area (Å²) in [5.74, 6) is 0.165. The maximum absolute atomic E-state index is 12.3. The molecular weight excluding hydrogens is 304 g/mol. The Labute approximate surface area is 124 Å². The second-order valence-electron chi connectivity index (χ2n) is 4.95. The Morgan fingerprint density at radius 3 is 2.37 bits per heavy atom. The van der Waals surface area contributed by atoms with Gasteiger partial charge in [-0.25, -0.2) is 0 Å². The average molecular weight is 327 g/mol. The molecule has 3 nitrogen and oxygen atoms in total. The van der Waals surface area contributed by atoms with Crippen LogP contribution in [-0.4, -0.2) is 5.91 Å². The van der Waals surface area contributed by atoms with Gasteiger partial charge in [0.1, 0.15) is 0 Å². The number of halogens is 1. The molecule has 0 heterocycles. The predicted octanol–water partition coefficient (Wildman–Crippen LogP) is 4.49. The van der Waals surface area contributed by atoms with Crippen molar-refractivity contribution in [3.63, 3.8) is 0 Å². The molecule has 0 aliphatic heterocycles. The summed E-state index contributed by atoms with van der Waals surface area (Å²) in [5.41, 5.74) is 8.30. The quantitative estimate of drug-likeness (QED) is 0.756. The molecule has 0 saturated heterocycles. The van der Waals surface area contributed by atoms with Gasteiger partial charge in [0.05, 0.1) is 11.4 Å². The highest BCUT2D eigenvalue weighted by Gasteiger charge is 2.18. The van der Waals surface area contributed by atoms with Crippen LogP contribution in [0.15, 0.2) is 16.6 Å². The number of hydrogen-bond donors (Lipinski definition) is 2. The summed E-state index contributed by atoms with van der Waals surface area (Å²) in [6.45, 7) is 6.16. The third kappa shape index (κ3) is 4.53. The summed E-state index contributed by atoms with van der Waals surface area (Å²) in [6, 6.07) is 3.78. The Balaban J connectivity index is 2.86.